The molecule has 7 nitrogen and oxygen atoms in total. The van der Waals surface area contributed by atoms with Gasteiger partial charge in [-0.05, 0) is 37.0 Å². The normalized spacial score (nSPS) is 14.9. The number of anilines is 1. The molecule has 0 atom stereocenters. The van der Waals surface area contributed by atoms with Gasteiger partial charge in [-0.2, -0.15) is 5.10 Å². The molecule has 0 unspecified atom stereocenters. The summed E-state index contributed by atoms with van der Waals surface area (Å²) >= 11 is 0. The molecule has 0 radical (unpaired) electrons. The highest BCUT2D eigenvalue weighted by molar-refractivity contribution is 6.00. The number of rotatable bonds is 6. The summed E-state index contributed by atoms with van der Waals surface area (Å²) in [5.74, 6) is 0.600. The molecule has 2 aromatic rings. The van der Waals surface area contributed by atoms with Crippen molar-refractivity contribution in [2.45, 2.75) is 31.7 Å². The molecular formula is C17H20N4O3. The van der Waals surface area contributed by atoms with E-state index in [1.54, 1.807) is 19.4 Å². The number of nitrogens with zero attached hydrogens (tertiary/aromatic N) is 2. The average Bonchev–Trinajstić information content (AvgIpc) is 3.24. The highest BCUT2D eigenvalue weighted by atomic mass is 16.5. The number of ether oxygens (including phenoxy) is 1. The summed E-state index contributed by atoms with van der Waals surface area (Å²) in [5, 5.41) is 6.96. The molecule has 3 rings (SSSR count). The van der Waals surface area contributed by atoms with E-state index in [1.807, 2.05) is 25.1 Å². The van der Waals surface area contributed by atoms with E-state index in [1.165, 1.54) is 4.68 Å². The molecule has 1 aliphatic carbocycles. The van der Waals surface area contributed by atoms with Gasteiger partial charge >= 0.3 is 0 Å². The predicted molar refractivity (Wildman–Crippen MR) is 88.7 cm³/mol. The van der Waals surface area contributed by atoms with Gasteiger partial charge in [0.05, 0.1) is 12.5 Å². The van der Waals surface area contributed by atoms with Crippen molar-refractivity contribution in [3.8, 4) is 5.75 Å². The van der Waals surface area contributed by atoms with Crippen molar-refractivity contribution in [1.82, 2.24) is 9.78 Å². The molecule has 3 N–H and O–H groups in total. The summed E-state index contributed by atoms with van der Waals surface area (Å²) in [4.78, 5) is 23.6. The van der Waals surface area contributed by atoms with Crippen LogP contribution in [0.4, 0.5) is 5.82 Å². The Hall–Kier alpha value is -2.83. The van der Waals surface area contributed by atoms with Gasteiger partial charge in [-0.3, -0.25) is 14.3 Å². The fourth-order valence-electron chi connectivity index (χ4n) is 2.80. The van der Waals surface area contributed by atoms with E-state index in [-0.39, 0.29) is 12.5 Å². The van der Waals surface area contributed by atoms with Crippen LogP contribution in [-0.2, 0) is 21.5 Å². The molecule has 1 aliphatic rings. The van der Waals surface area contributed by atoms with E-state index in [0.717, 1.165) is 29.7 Å². The van der Waals surface area contributed by atoms with Crippen LogP contribution >= 0.6 is 0 Å². The van der Waals surface area contributed by atoms with Crippen molar-refractivity contribution >= 4 is 17.6 Å². The van der Waals surface area contributed by atoms with E-state index in [9.17, 15) is 9.59 Å². The maximum Gasteiger partial charge on any atom is 0.239 e. The number of aromatic nitrogens is 2. The minimum absolute atomic E-state index is 0.0177. The maximum atomic E-state index is 12.7. The largest absolute Gasteiger partial charge is 0.496 e. The Morgan fingerprint density at radius 2 is 2.12 bits per heavy atom. The lowest BCUT2D eigenvalue weighted by Crippen LogP contribution is -2.28. The number of nitrogens with one attached hydrogen (secondary N) is 1. The van der Waals surface area contributed by atoms with Gasteiger partial charge in [0, 0.05) is 12.3 Å². The second-order valence-corrected chi connectivity index (χ2v) is 6.09. The van der Waals surface area contributed by atoms with Crippen LogP contribution in [0.3, 0.4) is 0 Å². The second kappa shape index (κ2) is 5.99. The number of carbonyl (C=O) groups is 2. The fourth-order valence-corrected chi connectivity index (χ4v) is 2.80. The SMILES string of the molecule is COc1cc(C2(C(=O)Nc3ccn(CC(N)=O)n3)CC2)ccc1C. The van der Waals surface area contributed by atoms with Gasteiger partial charge in [0.25, 0.3) is 0 Å². The van der Waals surface area contributed by atoms with Crippen LogP contribution in [-0.4, -0.2) is 28.7 Å². The van der Waals surface area contributed by atoms with Gasteiger partial charge in [0.1, 0.15) is 12.3 Å². The van der Waals surface area contributed by atoms with E-state index in [4.69, 9.17) is 10.5 Å². The van der Waals surface area contributed by atoms with Crippen LogP contribution in [0.15, 0.2) is 30.5 Å². The highest BCUT2D eigenvalue weighted by Gasteiger charge is 2.51. The number of aryl methyl sites for hydroxylation is 1. The van der Waals surface area contributed by atoms with Crippen molar-refractivity contribution in [3.63, 3.8) is 0 Å². The van der Waals surface area contributed by atoms with E-state index < -0.39 is 11.3 Å². The molecule has 1 saturated carbocycles. The fraction of sp³-hybridized carbons (Fsp3) is 0.353. The third kappa shape index (κ3) is 2.97. The van der Waals surface area contributed by atoms with Gasteiger partial charge in [-0.1, -0.05) is 12.1 Å². The number of methoxy groups -OCH3 is 1. The van der Waals surface area contributed by atoms with E-state index >= 15 is 0 Å². The van der Waals surface area contributed by atoms with Crippen molar-refractivity contribution in [3.05, 3.63) is 41.6 Å². The first-order valence-corrected chi connectivity index (χ1v) is 7.73. The Bertz CT molecular complexity index is 793. The molecular weight excluding hydrogens is 308 g/mol. The van der Waals surface area contributed by atoms with Crippen LogP contribution in [0.5, 0.6) is 5.75 Å². The zero-order valence-electron chi connectivity index (χ0n) is 13.7. The number of primary amides is 1. The van der Waals surface area contributed by atoms with Crippen LogP contribution in [0.25, 0.3) is 0 Å². The number of benzene rings is 1. The smallest absolute Gasteiger partial charge is 0.239 e. The number of carbonyl (C=O) groups excluding carboxylic acids is 2. The molecule has 0 aliphatic heterocycles. The Labute approximate surface area is 139 Å². The molecule has 2 amide bonds. The van der Waals surface area contributed by atoms with Gasteiger partial charge in [-0.25, -0.2) is 0 Å². The van der Waals surface area contributed by atoms with Crippen molar-refractivity contribution in [2.24, 2.45) is 5.73 Å². The highest BCUT2D eigenvalue weighted by Crippen LogP contribution is 2.49. The van der Waals surface area contributed by atoms with Crippen molar-refractivity contribution in [1.29, 1.82) is 0 Å². The van der Waals surface area contributed by atoms with Gasteiger partial charge in [-0.15, -0.1) is 0 Å². The molecule has 1 aromatic carbocycles. The lowest BCUT2D eigenvalue weighted by atomic mass is 9.93. The third-order valence-corrected chi connectivity index (χ3v) is 4.35. The van der Waals surface area contributed by atoms with Crippen LogP contribution in [0.2, 0.25) is 0 Å². The first-order valence-electron chi connectivity index (χ1n) is 7.73. The van der Waals surface area contributed by atoms with Crippen LogP contribution < -0.4 is 15.8 Å². The second-order valence-electron chi connectivity index (χ2n) is 6.09. The summed E-state index contributed by atoms with van der Waals surface area (Å²) < 4.78 is 6.75. The summed E-state index contributed by atoms with van der Waals surface area (Å²) in [5.41, 5.74) is 6.57. The number of nitrogens with two attached hydrogens (primary N) is 1. The quantitative estimate of drug-likeness (QED) is 0.836. The summed E-state index contributed by atoms with van der Waals surface area (Å²) in [6.07, 6.45) is 3.18. The predicted octanol–water partition coefficient (Wildman–Crippen LogP) is 1.36. The third-order valence-electron chi connectivity index (χ3n) is 4.35. The average molecular weight is 328 g/mol. The number of hydrogen-bond donors (Lipinski definition) is 2. The molecule has 7 heteroatoms. The Kier molecular flexibility index (Phi) is 4.01. The summed E-state index contributed by atoms with van der Waals surface area (Å²) in [6, 6.07) is 7.50. The van der Waals surface area contributed by atoms with Crippen molar-refractivity contribution < 1.29 is 14.3 Å². The first kappa shape index (κ1) is 16.0. The Balaban J connectivity index is 1.77. The molecule has 126 valence electrons. The van der Waals surface area contributed by atoms with Crippen LogP contribution in [0, 0.1) is 6.92 Å². The number of amides is 2. The molecule has 0 saturated heterocycles. The van der Waals surface area contributed by atoms with Gasteiger partial charge in [0.15, 0.2) is 5.82 Å². The molecule has 1 fully saturated rings. The zero-order valence-corrected chi connectivity index (χ0v) is 13.7. The van der Waals surface area contributed by atoms with Gasteiger partial charge in [0.2, 0.25) is 11.8 Å². The number of hydrogen-bond acceptors (Lipinski definition) is 4. The Morgan fingerprint density at radius 3 is 2.75 bits per heavy atom. The van der Waals surface area contributed by atoms with Crippen LogP contribution in [0.1, 0.15) is 24.0 Å². The lowest BCUT2D eigenvalue weighted by Gasteiger charge is -2.16. The first-order chi connectivity index (χ1) is 11.4. The molecule has 24 heavy (non-hydrogen) atoms. The van der Waals surface area contributed by atoms with Gasteiger partial charge < -0.3 is 15.8 Å². The zero-order chi connectivity index (χ0) is 17.3. The molecule has 0 spiro atoms. The summed E-state index contributed by atoms with van der Waals surface area (Å²) in [7, 11) is 1.62. The minimum atomic E-state index is -0.533. The Morgan fingerprint density at radius 1 is 1.38 bits per heavy atom. The minimum Gasteiger partial charge on any atom is -0.496 e. The summed E-state index contributed by atoms with van der Waals surface area (Å²) in [6.45, 7) is 1.95. The lowest BCUT2D eigenvalue weighted by molar-refractivity contribution is -0.119. The molecule has 0 bridgehead atoms. The molecule has 1 aromatic heterocycles. The van der Waals surface area contributed by atoms with Crippen molar-refractivity contribution in [2.75, 3.05) is 12.4 Å². The van der Waals surface area contributed by atoms with E-state index in [2.05, 4.69) is 10.4 Å². The standard InChI is InChI=1S/C17H20N4O3/c1-11-3-4-12(9-13(11)24-2)17(6-7-17)16(23)19-15-5-8-21(20-15)10-14(18)22/h3-5,8-9H,6-7,10H2,1-2H3,(H2,18,22)(H,19,20,23). The van der Waals surface area contributed by atoms with E-state index in [0.29, 0.717) is 5.82 Å². The molecule has 1 heterocycles. The maximum absolute atomic E-state index is 12.7. The topological polar surface area (TPSA) is 99.2 Å². The monoisotopic (exact) mass is 328 g/mol.